The highest BCUT2D eigenvalue weighted by molar-refractivity contribution is 5.74. The van der Waals surface area contributed by atoms with E-state index >= 15 is 0 Å². The van der Waals surface area contributed by atoms with Gasteiger partial charge >= 0.3 is 6.03 Å². The number of carbonyl (C=O) groups excluding carboxylic acids is 1. The summed E-state index contributed by atoms with van der Waals surface area (Å²) in [6.45, 7) is 6.72. The summed E-state index contributed by atoms with van der Waals surface area (Å²) in [4.78, 5) is 12.2. The van der Waals surface area contributed by atoms with Crippen LogP contribution in [0.4, 0.5) is 4.79 Å². The van der Waals surface area contributed by atoms with Crippen LogP contribution in [0.1, 0.15) is 38.7 Å². The summed E-state index contributed by atoms with van der Waals surface area (Å²) < 4.78 is 5.67. The number of aliphatic hydroxyl groups is 1. The molecule has 0 saturated carbocycles. The number of fused-ring (bicyclic) bond motifs is 1. The van der Waals surface area contributed by atoms with E-state index in [4.69, 9.17) is 9.84 Å². The van der Waals surface area contributed by atoms with E-state index in [0.717, 1.165) is 11.3 Å². The molecule has 1 aromatic carbocycles. The molecule has 5 heteroatoms. The highest BCUT2D eigenvalue weighted by Gasteiger charge is 2.29. The fourth-order valence-corrected chi connectivity index (χ4v) is 2.83. The Morgan fingerprint density at radius 1 is 1.32 bits per heavy atom. The van der Waals surface area contributed by atoms with Crippen molar-refractivity contribution in [3.05, 3.63) is 29.8 Å². The largest absolute Gasteiger partial charge is 0.493 e. The Labute approximate surface area is 132 Å². The number of ether oxygens (including phenoxy) is 1. The molecule has 0 aliphatic carbocycles. The Balaban J connectivity index is 1.92. The fraction of sp³-hybridized carbons (Fsp3) is 0.588. The van der Waals surface area contributed by atoms with Crippen molar-refractivity contribution in [1.82, 2.24) is 10.6 Å². The van der Waals surface area contributed by atoms with Crippen molar-refractivity contribution in [2.24, 2.45) is 5.92 Å². The summed E-state index contributed by atoms with van der Waals surface area (Å²) in [5, 5.41) is 15.0. The third kappa shape index (κ3) is 3.91. The zero-order valence-corrected chi connectivity index (χ0v) is 13.5. The minimum absolute atomic E-state index is 0.0226. The van der Waals surface area contributed by atoms with Gasteiger partial charge in [0.15, 0.2) is 0 Å². The Kier molecular flexibility index (Phi) is 5.66. The highest BCUT2D eigenvalue weighted by Crippen LogP contribution is 2.35. The first-order valence-electron chi connectivity index (χ1n) is 7.92. The van der Waals surface area contributed by atoms with Crippen LogP contribution in [0.5, 0.6) is 5.75 Å². The van der Waals surface area contributed by atoms with E-state index in [-0.39, 0.29) is 36.6 Å². The maximum absolute atomic E-state index is 12.2. The van der Waals surface area contributed by atoms with E-state index < -0.39 is 0 Å². The van der Waals surface area contributed by atoms with Crippen molar-refractivity contribution < 1.29 is 14.6 Å². The van der Waals surface area contributed by atoms with Gasteiger partial charge in [-0.1, -0.05) is 32.0 Å². The zero-order valence-electron chi connectivity index (χ0n) is 13.5. The number of hydrogen-bond donors (Lipinski definition) is 3. The van der Waals surface area contributed by atoms with E-state index in [1.807, 2.05) is 45.0 Å². The van der Waals surface area contributed by atoms with Gasteiger partial charge in [0, 0.05) is 30.2 Å². The van der Waals surface area contributed by atoms with E-state index in [0.29, 0.717) is 13.0 Å². The topological polar surface area (TPSA) is 70.6 Å². The van der Waals surface area contributed by atoms with E-state index in [1.165, 1.54) is 0 Å². The van der Waals surface area contributed by atoms with Crippen LogP contribution in [-0.2, 0) is 0 Å². The lowest BCUT2D eigenvalue weighted by Crippen LogP contribution is -2.49. The minimum Gasteiger partial charge on any atom is -0.493 e. The molecule has 0 saturated heterocycles. The highest BCUT2D eigenvalue weighted by atomic mass is 16.5. The van der Waals surface area contributed by atoms with Gasteiger partial charge in [0.1, 0.15) is 5.75 Å². The van der Waals surface area contributed by atoms with Crippen molar-refractivity contribution in [1.29, 1.82) is 0 Å². The second-order valence-corrected chi connectivity index (χ2v) is 6.22. The number of amides is 2. The zero-order chi connectivity index (χ0) is 16.1. The lowest BCUT2D eigenvalue weighted by atomic mass is 9.94. The molecule has 2 amide bonds. The standard InChI is InChI=1S/C17H26N2O3/c1-11(2)15(8-9-20)19-17(21)18-12(3)14-10-22-16-7-5-4-6-13(14)16/h4-7,11-12,14-15,20H,8-10H2,1-3H3,(H2,18,19,21). The van der Waals surface area contributed by atoms with Gasteiger partial charge in [-0.05, 0) is 25.3 Å². The van der Waals surface area contributed by atoms with Gasteiger partial charge in [0.05, 0.1) is 6.61 Å². The number of aliphatic hydroxyl groups excluding tert-OH is 1. The molecule has 22 heavy (non-hydrogen) atoms. The monoisotopic (exact) mass is 306 g/mol. The molecule has 0 bridgehead atoms. The van der Waals surface area contributed by atoms with Gasteiger partial charge in [-0.15, -0.1) is 0 Å². The van der Waals surface area contributed by atoms with Gasteiger partial charge in [-0.3, -0.25) is 0 Å². The third-order valence-electron chi connectivity index (χ3n) is 4.26. The van der Waals surface area contributed by atoms with Crippen LogP contribution >= 0.6 is 0 Å². The van der Waals surface area contributed by atoms with Crippen LogP contribution in [0.15, 0.2) is 24.3 Å². The Morgan fingerprint density at radius 3 is 2.73 bits per heavy atom. The number of rotatable bonds is 6. The predicted molar refractivity (Wildman–Crippen MR) is 86.1 cm³/mol. The normalized spacial score (nSPS) is 19.2. The third-order valence-corrected chi connectivity index (χ3v) is 4.26. The summed E-state index contributed by atoms with van der Waals surface area (Å²) in [5.74, 6) is 1.35. The second-order valence-electron chi connectivity index (χ2n) is 6.22. The van der Waals surface area contributed by atoms with Gasteiger partial charge in [0.25, 0.3) is 0 Å². The number of carbonyl (C=O) groups is 1. The molecular weight excluding hydrogens is 280 g/mol. The van der Waals surface area contributed by atoms with Crippen molar-refractivity contribution in [2.75, 3.05) is 13.2 Å². The number of urea groups is 1. The molecule has 0 fully saturated rings. The number of benzene rings is 1. The van der Waals surface area contributed by atoms with Crippen molar-refractivity contribution >= 4 is 6.03 Å². The lowest BCUT2D eigenvalue weighted by Gasteiger charge is -2.25. The van der Waals surface area contributed by atoms with Crippen molar-refractivity contribution in [2.45, 2.75) is 45.2 Å². The van der Waals surface area contributed by atoms with Gasteiger partial charge in [0.2, 0.25) is 0 Å². The van der Waals surface area contributed by atoms with Crippen LogP contribution in [0.25, 0.3) is 0 Å². The van der Waals surface area contributed by atoms with Crippen LogP contribution in [-0.4, -0.2) is 36.4 Å². The quantitative estimate of drug-likeness (QED) is 0.755. The average molecular weight is 306 g/mol. The number of nitrogens with one attached hydrogen (secondary N) is 2. The summed E-state index contributed by atoms with van der Waals surface area (Å²) in [6.07, 6.45) is 0.564. The maximum atomic E-state index is 12.2. The van der Waals surface area contributed by atoms with Gasteiger partial charge in [-0.2, -0.15) is 0 Å². The first kappa shape index (κ1) is 16.6. The number of para-hydroxylation sites is 1. The Bertz CT molecular complexity index is 504. The van der Waals surface area contributed by atoms with Gasteiger partial charge < -0.3 is 20.5 Å². The van der Waals surface area contributed by atoms with Gasteiger partial charge in [-0.25, -0.2) is 4.79 Å². The molecule has 1 aliphatic heterocycles. The summed E-state index contributed by atoms with van der Waals surface area (Å²) in [6, 6.07) is 7.71. The molecule has 0 aromatic heterocycles. The van der Waals surface area contributed by atoms with E-state index in [9.17, 15) is 4.79 Å². The molecule has 5 nitrogen and oxygen atoms in total. The van der Waals surface area contributed by atoms with E-state index in [2.05, 4.69) is 10.6 Å². The molecule has 122 valence electrons. The SMILES string of the molecule is CC(C)C(CCO)NC(=O)NC(C)C1COc2ccccc21. The second kappa shape index (κ2) is 7.49. The van der Waals surface area contributed by atoms with Crippen LogP contribution in [0.3, 0.4) is 0 Å². The predicted octanol–water partition coefficient (Wildman–Crippen LogP) is 2.26. The molecule has 1 aromatic rings. The number of hydrogen-bond acceptors (Lipinski definition) is 3. The smallest absolute Gasteiger partial charge is 0.315 e. The van der Waals surface area contributed by atoms with Crippen molar-refractivity contribution in [3.8, 4) is 5.75 Å². The summed E-state index contributed by atoms with van der Waals surface area (Å²) in [7, 11) is 0. The molecule has 1 aliphatic rings. The van der Waals surface area contributed by atoms with Crippen molar-refractivity contribution in [3.63, 3.8) is 0 Å². The van der Waals surface area contributed by atoms with Crippen LogP contribution in [0, 0.1) is 5.92 Å². The molecule has 2 rings (SSSR count). The molecular formula is C17H26N2O3. The molecule has 1 heterocycles. The molecule has 3 unspecified atom stereocenters. The summed E-state index contributed by atoms with van der Waals surface area (Å²) >= 11 is 0. The molecule has 0 spiro atoms. The maximum Gasteiger partial charge on any atom is 0.315 e. The fourth-order valence-electron chi connectivity index (χ4n) is 2.83. The first-order chi connectivity index (χ1) is 10.5. The minimum atomic E-state index is -0.191. The molecule has 3 atom stereocenters. The first-order valence-corrected chi connectivity index (χ1v) is 7.92. The van der Waals surface area contributed by atoms with Crippen LogP contribution in [0.2, 0.25) is 0 Å². The molecule has 3 N–H and O–H groups in total. The van der Waals surface area contributed by atoms with Crippen LogP contribution < -0.4 is 15.4 Å². The molecule has 0 radical (unpaired) electrons. The average Bonchev–Trinajstić information content (AvgIpc) is 2.90. The Morgan fingerprint density at radius 2 is 2.05 bits per heavy atom. The van der Waals surface area contributed by atoms with E-state index in [1.54, 1.807) is 0 Å². The summed E-state index contributed by atoms with van der Waals surface area (Å²) in [5.41, 5.74) is 1.14. The Hall–Kier alpha value is -1.75. The lowest BCUT2D eigenvalue weighted by molar-refractivity contribution is 0.213.